The number of carbonyl (C=O) groups excluding carboxylic acids is 2. The zero-order chi connectivity index (χ0) is 22.8. The van der Waals surface area contributed by atoms with Crippen LogP contribution in [0.15, 0.2) is 22.7 Å². The number of rotatable bonds is 8. The van der Waals surface area contributed by atoms with Gasteiger partial charge in [0.05, 0.1) is 10.9 Å². The summed E-state index contributed by atoms with van der Waals surface area (Å²) in [6.45, 7) is 7.13. The van der Waals surface area contributed by atoms with Gasteiger partial charge in [-0.15, -0.1) is 21.5 Å². The number of nitrogens with one attached hydrogen (secondary N) is 1. The Kier molecular flexibility index (Phi) is 7.00. The number of hydrogen-bond acceptors (Lipinski definition) is 6. The van der Waals surface area contributed by atoms with Gasteiger partial charge in [-0.05, 0) is 57.5 Å². The van der Waals surface area contributed by atoms with Crippen LogP contribution in [-0.4, -0.2) is 36.6 Å². The molecule has 1 N–H and O–H groups in total. The molecule has 0 bridgehead atoms. The first kappa shape index (κ1) is 23.0. The fourth-order valence-corrected chi connectivity index (χ4v) is 6.42. The van der Waals surface area contributed by atoms with Crippen LogP contribution in [0.1, 0.15) is 94.8 Å². The van der Waals surface area contributed by atoms with Crippen LogP contribution in [-0.2, 0) is 6.42 Å². The van der Waals surface area contributed by atoms with Crippen LogP contribution in [0.2, 0.25) is 0 Å². The van der Waals surface area contributed by atoms with Gasteiger partial charge >= 0.3 is 0 Å². The number of thioether (sulfide) groups is 1. The van der Waals surface area contributed by atoms with Gasteiger partial charge in [-0.2, -0.15) is 0 Å². The monoisotopic (exact) mass is 470 g/mol. The second-order valence-electron chi connectivity index (χ2n) is 8.62. The van der Waals surface area contributed by atoms with Crippen molar-refractivity contribution in [1.29, 1.82) is 0 Å². The topological polar surface area (TPSA) is 80.6 Å². The molecule has 3 heterocycles. The smallest absolute Gasteiger partial charge is 0.192 e. The third-order valence-electron chi connectivity index (χ3n) is 6.27. The van der Waals surface area contributed by atoms with E-state index in [0.29, 0.717) is 17.3 Å². The first-order chi connectivity index (χ1) is 15.4. The van der Waals surface area contributed by atoms with E-state index >= 15 is 0 Å². The van der Waals surface area contributed by atoms with Crippen molar-refractivity contribution in [1.82, 2.24) is 19.7 Å². The van der Waals surface area contributed by atoms with Crippen LogP contribution in [0.4, 0.5) is 0 Å². The van der Waals surface area contributed by atoms with Gasteiger partial charge in [0.1, 0.15) is 5.82 Å². The molecule has 0 aliphatic heterocycles. The maximum absolute atomic E-state index is 13.3. The number of hydrogen-bond donors (Lipinski definition) is 1. The molecule has 1 aliphatic rings. The lowest BCUT2D eigenvalue weighted by Crippen LogP contribution is -2.20. The number of thiophene rings is 1. The molecule has 0 spiro atoms. The molecule has 6 nitrogen and oxygen atoms in total. The Morgan fingerprint density at radius 2 is 2.00 bits per heavy atom. The van der Waals surface area contributed by atoms with Crippen LogP contribution in [0.3, 0.4) is 0 Å². The van der Waals surface area contributed by atoms with E-state index < -0.39 is 0 Å². The summed E-state index contributed by atoms with van der Waals surface area (Å²) in [6.07, 6.45) is 6.73. The number of carbonyl (C=O) groups is 2. The summed E-state index contributed by atoms with van der Waals surface area (Å²) < 4.78 is 2.29. The van der Waals surface area contributed by atoms with E-state index in [9.17, 15) is 9.59 Å². The lowest BCUT2D eigenvalue weighted by Gasteiger charge is -2.26. The molecule has 0 amide bonds. The summed E-state index contributed by atoms with van der Waals surface area (Å²) in [5.74, 6) is 0.944. The Balaban J connectivity index is 1.60. The highest BCUT2D eigenvalue weighted by molar-refractivity contribution is 8.00. The molecule has 1 fully saturated rings. The third-order valence-corrected chi connectivity index (χ3v) is 8.21. The molecule has 3 aromatic heterocycles. The molecule has 1 atom stereocenters. The van der Waals surface area contributed by atoms with Gasteiger partial charge in [0.15, 0.2) is 16.7 Å². The van der Waals surface area contributed by atoms with Crippen molar-refractivity contribution >= 4 is 34.7 Å². The number of aryl methyl sites for hydroxylation is 1. The minimum Gasteiger partial charge on any atom is -0.355 e. The van der Waals surface area contributed by atoms with E-state index in [1.165, 1.54) is 42.8 Å². The van der Waals surface area contributed by atoms with E-state index in [1.807, 2.05) is 20.8 Å². The Morgan fingerprint density at radius 3 is 2.62 bits per heavy atom. The average molecular weight is 471 g/mol. The molecule has 3 aromatic rings. The van der Waals surface area contributed by atoms with E-state index in [1.54, 1.807) is 11.3 Å². The molecule has 0 radical (unpaired) electrons. The van der Waals surface area contributed by atoms with Gasteiger partial charge in [-0.1, -0.05) is 37.1 Å². The number of nitrogens with zero attached hydrogens (tertiary/aromatic N) is 3. The Bertz CT molecular complexity index is 1110. The predicted octanol–water partition coefficient (Wildman–Crippen LogP) is 5.95. The Hall–Kier alpha value is -2.19. The fourth-order valence-electron chi connectivity index (χ4n) is 4.72. The van der Waals surface area contributed by atoms with E-state index in [4.69, 9.17) is 0 Å². The number of aromatic nitrogens is 4. The van der Waals surface area contributed by atoms with Gasteiger partial charge in [-0.25, -0.2) is 0 Å². The number of H-pyrrole nitrogens is 1. The van der Waals surface area contributed by atoms with Crippen molar-refractivity contribution in [2.75, 3.05) is 0 Å². The maximum atomic E-state index is 13.3. The summed E-state index contributed by atoms with van der Waals surface area (Å²) in [5.41, 5.74) is 2.63. The first-order valence-corrected chi connectivity index (χ1v) is 13.0. The molecule has 1 aliphatic carbocycles. The van der Waals surface area contributed by atoms with E-state index in [-0.39, 0.29) is 16.8 Å². The molecule has 32 heavy (non-hydrogen) atoms. The Morgan fingerprint density at radius 1 is 1.25 bits per heavy atom. The largest absolute Gasteiger partial charge is 0.355 e. The lowest BCUT2D eigenvalue weighted by molar-refractivity contribution is 0.0988. The van der Waals surface area contributed by atoms with Crippen LogP contribution in [0.5, 0.6) is 0 Å². The van der Waals surface area contributed by atoms with Crippen molar-refractivity contribution in [3.63, 3.8) is 0 Å². The second kappa shape index (κ2) is 9.75. The molecular formula is C24H30N4O2S2. The zero-order valence-electron chi connectivity index (χ0n) is 19.1. The van der Waals surface area contributed by atoms with Crippen molar-refractivity contribution in [2.45, 2.75) is 82.7 Å². The van der Waals surface area contributed by atoms with Crippen molar-refractivity contribution < 1.29 is 9.59 Å². The summed E-state index contributed by atoms with van der Waals surface area (Å²) >= 11 is 3.20. The third kappa shape index (κ3) is 4.62. The molecule has 0 saturated heterocycles. The highest BCUT2D eigenvalue weighted by atomic mass is 32.2. The molecule has 1 saturated carbocycles. The van der Waals surface area contributed by atoms with Crippen LogP contribution in [0, 0.1) is 13.8 Å². The molecule has 170 valence electrons. The summed E-state index contributed by atoms with van der Waals surface area (Å²) in [4.78, 5) is 29.7. The van der Waals surface area contributed by atoms with Crippen LogP contribution < -0.4 is 0 Å². The fraction of sp³-hybridized carbons (Fsp3) is 0.500. The number of aromatic amines is 1. The molecule has 1 unspecified atom stereocenters. The lowest BCUT2D eigenvalue weighted by atomic mass is 9.95. The summed E-state index contributed by atoms with van der Waals surface area (Å²) in [7, 11) is 0. The van der Waals surface area contributed by atoms with Crippen molar-refractivity contribution in [2.24, 2.45) is 0 Å². The molecule has 4 rings (SSSR count). The van der Waals surface area contributed by atoms with Gasteiger partial charge in [0, 0.05) is 28.6 Å². The summed E-state index contributed by atoms with van der Waals surface area (Å²) in [5, 5.41) is 11.6. The van der Waals surface area contributed by atoms with Gasteiger partial charge in [-0.3, -0.25) is 9.59 Å². The highest BCUT2D eigenvalue weighted by Gasteiger charge is 2.28. The van der Waals surface area contributed by atoms with Crippen molar-refractivity contribution in [3.8, 4) is 0 Å². The molecular weight excluding hydrogens is 440 g/mol. The maximum Gasteiger partial charge on any atom is 0.192 e. The van der Waals surface area contributed by atoms with Crippen LogP contribution >= 0.6 is 23.1 Å². The highest BCUT2D eigenvalue weighted by Crippen LogP contribution is 2.35. The SMILES string of the molecule is CC(=O)c1c(C)[nH]c(C(=O)C(C)Sc2nnc(Cc3cccs3)n2C2CCCCC2)c1C. The molecule has 8 heteroatoms. The predicted molar refractivity (Wildman–Crippen MR) is 129 cm³/mol. The van der Waals surface area contributed by atoms with Crippen LogP contribution in [0.25, 0.3) is 0 Å². The summed E-state index contributed by atoms with van der Waals surface area (Å²) in [6, 6.07) is 4.58. The van der Waals surface area contributed by atoms with E-state index in [0.717, 1.165) is 41.5 Å². The minimum atomic E-state index is -0.340. The average Bonchev–Trinajstić information content (AvgIpc) is 3.48. The van der Waals surface area contributed by atoms with Gasteiger partial charge in [0.25, 0.3) is 0 Å². The second-order valence-corrected chi connectivity index (χ2v) is 11.0. The minimum absolute atomic E-state index is 0.0129. The van der Waals surface area contributed by atoms with Crippen molar-refractivity contribution in [3.05, 3.63) is 50.7 Å². The normalized spacial score (nSPS) is 15.8. The molecule has 0 aromatic carbocycles. The number of Topliss-reactive ketones (excluding diaryl/α,β-unsaturated/α-hetero) is 2. The number of ketones is 2. The van der Waals surface area contributed by atoms with E-state index in [2.05, 4.69) is 37.3 Å². The van der Waals surface area contributed by atoms with Gasteiger partial charge < -0.3 is 9.55 Å². The Labute approximate surface area is 197 Å². The quantitative estimate of drug-likeness (QED) is 0.325. The standard InChI is InChI=1S/C24H30N4O2S2/c1-14-21(16(3)29)15(2)25-22(14)23(30)17(4)32-24-27-26-20(13-19-11-8-12-31-19)28(24)18-9-6-5-7-10-18/h8,11-12,17-18,25H,5-7,9-10,13H2,1-4H3. The zero-order valence-corrected chi connectivity index (χ0v) is 20.7. The van der Waals surface area contributed by atoms with Gasteiger partial charge in [0.2, 0.25) is 0 Å². The first-order valence-electron chi connectivity index (χ1n) is 11.2.